The average molecular weight is 751 g/mol. The first-order valence-electron chi connectivity index (χ1n) is 23.4. The van der Waals surface area contributed by atoms with Gasteiger partial charge in [0, 0.05) is 19.3 Å². The van der Waals surface area contributed by atoms with Crippen LogP contribution >= 0.6 is 0 Å². The highest BCUT2D eigenvalue weighted by Crippen LogP contribution is 2.16. The molecule has 6 nitrogen and oxygen atoms in total. The molecule has 1 atom stereocenters. The zero-order chi connectivity index (χ0) is 38.9. The number of carbonyl (C=O) groups excluding carboxylic acids is 3. The molecule has 0 aromatic rings. The van der Waals surface area contributed by atoms with Crippen LogP contribution in [0.5, 0.6) is 0 Å². The Bertz CT molecular complexity index is 796. The fourth-order valence-corrected chi connectivity index (χ4v) is 6.98. The number of hydrogen-bond donors (Lipinski definition) is 0. The van der Waals surface area contributed by atoms with Crippen LogP contribution in [0.4, 0.5) is 0 Å². The molecule has 0 saturated carbocycles. The molecular formula is C47H90O6. The van der Waals surface area contributed by atoms with Gasteiger partial charge in [0.1, 0.15) is 13.2 Å². The van der Waals surface area contributed by atoms with Crippen LogP contribution in [0.2, 0.25) is 0 Å². The molecule has 6 heteroatoms. The molecule has 0 fully saturated rings. The zero-order valence-electron chi connectivity index (χ0n) is 36.0. The Hall–Kier alpha value is -1.59. The molecule has 0 amide bonds. The van der Waals surface area contributed by atoms with Crippen LogP contribution in [0.3, 0.4) is 0 Å². The van der Waals surface area contributed by atoms with Gasteiger partial charge < -0.3 is 14.2 Å². The van der Waals surface area contributed by atoms with Crippen molar-refractivity contribution in [2.45, 2.75) is 265 Å². The second kappa shape index (κ2) is 41.6. The van der Waals surface area contributed by atoms with E-state index >= 15 is 0 Å². The van der Waals surface area contributed by atoms with Gasteiger partial charge in [0.15, 0.2) is 6.10 Å². The molecule has 0 aliphatic rings. The lowest BCUT2D eigenvalue weighted by Crippen LogP contribution is -2.30. The van der Waals surface area contributed by atoms with Gasteiger partial charge in [0.25, 0.3) is 0 Å². The van der Waals surface area contributed by atoms with Crippen molar-refractivity contribution < 1.29 is 28.6 Å². The summed E-state index contributed by atoms with van der Waals surface area (Å²) >= 11 is 0. The minimum Gasteiger partial charge on any atom is -0.462 e. The van der Waals surface area contributed by atoms with Crippen molar-refractivity contribution >= 4 is 17.9 Å². The second-order valence-electron chi connectivity index (χ2n) is 16.5. The summed E-state index contributed by atoms with van der Waals surface area (Å²) in [6.45, 7) is 8.97. The molecule has 0 N–H and O–H groups in total. The molecule has 0 aliphatic carbocycles. The van der Waals surface area contributed by atoms with Crippen molar-refractivity contribution in [2.24, 2.45) is 5.92 Å². The topological polar surface area (TPSA) is 78.9 Å². The van der Waals surface area contributed by atoms with E-state index in [-0.39, 0.29) is 31.1 Å². The lowest BCUT2D eigenvalue weighted by molar-refractivity contribution is -0.167. The van der Waals surface area contributed by atoms with E-state index < -0.39 is 6.10 Å². The Balaban J connectivity index is 4.31. The molecule has 53 heavy (non-hydrogen) atoms. The summed E-state index contributed by atoms with van der Waals surface area (Å²) in [6.07, 6.45) is 40.8. The number of carbonyl (C=O) groups is 3. The van der Waals surface area contributed by atoms with Crippen LogP contribution in [0, 0.1) is 5.92 Å². The van der Waals surface area contributed by atoms with Crippen LogP contribution in [-0.2, 0) is 28.6 Å². The molecule has 0 heterocycles. The molecular weight excluding hydrogens is 661 g/mol. The molecule has 0 spiro atoms. The molecule has 0 radical (unpaired) electrons. The maximum atomic E-state index is 12.7. The van der Waals surface area contributed by atoms with E-state index in [9.17, 15) is 14.4 Å². The second-order valence-corrected chi connectivity index (χ2v) is 16.5. The minimum atomic E-state index is -0.759. The summed E-state index contributed by atoms with van der Waals surface area (Å²) in [5, 5.41) is 0. The summed E-state index contributed by atoms with van der Waals surface area (Å²) in [7, 11) is 0. The normalized spacial score (nSPS) is 11.9. The number of rotatable bonds is 42. The number of unbranched alkanes of at least 4 members (excludes halogenated alkanes) is 29. The van der Waals surface area contributed by atoms with E-state index in [4.69, 9.17) is 14.2 Å². The Kier molecular flexibility index (Phi) is 40.3. The first-order valence-corrected chi connectivity index (χ1v) is 23.4. The van der Waals surface area contributed by atoms with Crippen molar-refractivity contribution in [3.8, 4) is 0 Å². The van der Waals surface area contributed by atoms with E-state index in [1.165, 1.54) is 154 Å². The van der Waals surface area contributed by atoms with Gasteiger partial charge in [0.05, 0.1) is 0 Å². The molecule has 0 unspecified atom stereocenters. The Morgan fingerprint density at radius 2 is 0.623 bits per heavy atom. The first kappa shape index (κ1) is 51.4. The largest absolute Gasteiger partial charge is 0.462 e. The fourth-order valence-electron chi connectivity index (χ4n) is 6.98. The third-order valence-corrected chi connectivity index (χ3v) is 10.5. The quantitative estimate of drug-likeness (QED) is 0.0351. The van der Waals surface area contributed by atoms with Gasteiger partial charge in [-0.25, -0.2) is 0 Å². The molecule has 0 bridgehead atoms. The fraction of sp³-hybridized carbons (Fsp3) is 0.936. The lowest BCUT2D eigenvalue weighted by Gasteiger charge is -2.18. The average Bonchev–Trinajstić information content (AvgIpc) is 3.14. The smallest absolute Gasteiger partial charge is 0.306 e. The zero-order valence-corrected chi connectivity index (χ0v) is 36.0. The van der Waals surface area contributed by atoms with Crippen molar-refractivity contribution in [2.75, 3.05) is 13.2 Å². The molecule has 0 aromatic carbocycles. The first-order chi connectivity index (χ1) is 25.9. The summed E-state index contributed by atoms with van der Waals surface area (Å²) in [5.41, 5.74) is 0. The van der Waals surface area contributed by atoms with Crippen LogP contribution in [-0.4, -0.2) is 37.2 Å². The lowest BCUT2D eigenvalue weighted by atomic mass is 10.0. The predicted molar refractivity (Wildman–Crippen MR) is 224 cm³/mol. The van der Waals surface area contributed by atoms with Crippen LogP contribution in [0.15, 0.2) is 0 Å². The molecule has 0 rings (SSSR count). The highest BCUT2D eigenvalue weighted by atomic mass is 16.6. The number of esters is 3. The summed E-state index contributed by atoms with van der Waals surface area (Å²) in [4.78, 5) is 37.7. The van der Waals surface area contributed by atoms with Gasteiger partial charge in [0.2, 0.25) is 0 Å². The van der Waals surface area contributed by atoms with Crippen molar-refractivity contribution in [1.29, 1.82) is 0 Å². The summed E-state index contributed by atoms with van der Waals surface area (Å²) < 4.78 is 16.7. The SMILES string of the molecule is CCCCCCCCCCCCCCCC(=O)OC[C@@H](COC(=O)CCCCCCCCCCC)OC(=O)CCCCCCCCCCCCC(C)C. The maximum Gasteiger partial charge on any atom is 0.306 e. The number of hydrogen-bond acceptors (Lipinski definition) is 6. The Labute approximate surface area is 329 Å². The van der Waals surface area contributed by atoms with E-state index in [0.29, 0.717) is 19.3 Å². The van der Waals surface area contributed by atoms with Crippen molar-refractivity contribution in [1.82, 2.24) is 0 Å². The molecule has 0 aliphatic heterocycles. The van der Waals surface area contributed by atoms with E-state index in [0.717, 1.165) is 63.7 Å². The predicted octanol–water partition coefficient (Wildman–Crippen LogP) is 14.7. The minimum absolute atomic E-state index is 0.0637. The highest BCUT2D eigenvalue weighted by Gasteiger charge is 2.19. The van der Waals surface area contributed by atoms with Gasteiger partial charge in [-0.05, 0) is 25.2 Å². The molecule has 0 saturated heterocycles. The van der Waals surface area contributed by atoms with Crippen LogP contribution in [0.25, 0.3) is 0 Å². The summed E-state index contributed by atoms with van der Waals surface area (Å²) in [6, 6.07) is 0. The molecule has 314 valence electrons. The standard InChI is InChI=1S/C47H90O6/c1-5-7-9-11-13-15-16-17-18-23-27-31-35-39-46(49)52-42-44(41-51-45(48)38-34-30-26-21-14-12-10-8-6-2)53-47(50)40-36-32-28-24-20-19-22-25-29-33-37-43(3)4/h43-44H,5-42H2,1-4H3/t44-/m1/s1. The van der Waals surface area contributed by atoms with Gasteiger partial charge >= 0.3 is 17.9 Å². The summed E-state index contributed by atoms with van der Waals surface area (Å²) in [5.74, 6) is -0.0383. The molecule has 0 aromatic heterocycles. The van der Waals surface area contributed by atoms with Crippen LogP contribution in [0.1, 0.15) is 259 Å². The van der Waals surface area contributed by atoms with E-state index in [2.05, 4.69) is 27.7 Å². The number of ether oxygens (including phenoxy) is 3. The Morgan fingerprint density at radius 3 is 0.925 bits per heavy atom. The van der Waals surface area contributed by atoms with Crippen molar-refractivity contribution in [3.63, 3.8) is 0 Å². The van der Waals surface area contributed by atoms with Gasteiger partial charge in [-0.3, -0.25) is 14.4 Å². The van der Waals surface area contributed by atoms with E-state index in [1.807, 2.05) is 0 Å². The van der Waals surface area contributed by atoms with Gasteiger partial charge in [-0.15, -0.1) is 0 Å². The third-order valence-electron chi connectivity index (χ3n) is 10.5. The monoisotopic (exact) mass is 751 g/mol. The maximum absolute atomic E-state index is 12.7. The van der Waals surface area contributed by atoms with Crippen molar-refractivity contribution in [3.05, 3.63) is 0 Å². The van der Waals surface area contributed by atoms with Gasteiger partial charge in [-0.2, -0.15) is 0 Å². The van der Waals surface area contributed by atoms with Crippen LogP contribution < -0.4 is 0 Å². The highest BCUT2D eigenvalue weighted by molar-refractivity contribution is 5.71. The van der Waals surface area contributed by atoms with Gasteiger partial charge in [-0.1, -0.05) is 220 Å². The Morgan fingerprint density at radius 1 is 0.358 bits per heavy atom. The van der Waals surface area contributed by atoms with E-state index in [1.54, 1.807) is 0 Å². The third kappa shape index (κ3) is 41.4.